The van der Waals surface area contributed by atoms with Crippen molar-refractivity contribution >= 4 is 17.4 Å². The van der Waals surface area contributed by atoms with Gasteiger partial charge in [-0.15, -0.1) is 11.6 Å². The number of halogens is 2. The maximum Gasteiger partial charge on any atom is 0.170 e. The van der Waals surface area contributed by atoms with Gasteiger partial charge in [-0.3, -0.25) is 4.90 Å². The molecule has 3 nitrogen and oxygen atoms in total. The number of pyridine rings is 1. The fourth-order valence-electron chi connectivity index (χ4n) is 2.37. The molecular weight excluding hydrogens is 253 g/mol. The largest absolute Gasteiger partial charge is 0.351 e. The summed E-state index contributed by atoms with van der Waals surface area (Å²) >= 11 is 5.73. The number of aromatic nitrogens is 1. The normalized spacial score (nSPS) is 21.3. The van der Waals surface area contributed by atoms with E-state index in [4.69, 9.17) is 11.6 Å². The zero-order chi connectivity index (χ0) is 13.1. The SMILES string of the molecule is CCC1CN(c2nccc(CCl)c2F)CCN1C. The summed E-state index contributed by atoms with van der Waals surface area (Å²) < 4.78 is 14.2. The van der Waals surface area contributed by atoms with E-state index in [-0.39, 0.29) is 11.7 Å². The second kappa shape index (κ2) is 5.85. The number of piperazine rings is 1. The average molecular weight is 272 g/mol. The lowest BCUT2D eigenvalue weighted by atomic mass is 10.1. The van der Waals surface area contributed by atoms with E-state index in [9.17, 15) is 4.39 Å². The van der Waals surface area contributed by atoms with Gasteiger partial charge in [-0.25, -0.2) is 9.37 Å². The molecule has 0 bridgehead atoms. The molecule has 1 aliphatic rings. The molecule has 1 aliphatic heterocycles. The lowest BCUT2D eigenvalue weighted by molar-refractivity contribution is 0.212. The molecule has 1 aromatic rings. The Kier molecular flexibility index (Phi) is 4.40. The highest BCUT2D eigenvalue weighted by Crippen LogP contribution is 2.23. The van der Waals surface area contributed by atoms with Gasteiger partial charge in [0.2, 0.25) is 0 Å². The number of anilines is 1. The van der Waals surface area contributed by atoms with Gasteiger partial charge in [0, 0.05) is 37.4 Å². The lowest BCUT2D eigenvalue weighted by Gasteiger charge is -2.39. The van der Waals surface area contributed by atoms with Crippen LogP contribution in [-0.2, 0) is 5.88 Å². The molecule has 1 atom stereocenters. The van der Waals surface area contributed by atoms with Crippen LogP contribution in [0.4, 0.5) is 10.2 Å². The van der Waals surface area contributed by atoms with Crippen molar-refractivity contribution in [2.24, 2.45) is 0 Å². The first-order valence-corrected chi connectivity index (χ1v) is 6.85. The third kappa shape index (κ3) is 2.59. The highest BCUT2D eigenvalue weighted by atomic mass is 35.5. The first-order valence-electron chi connectivity index (χ1n) is 6.31. The Balaban J connectivity index is 2.21. The Morgan fingerprint density at radius 3 is 2.94 bits per heavy atom. The van der Waals surface area contributed by atoms with Crippen LogP contribution in [0, 0.1) is 5.82 Å². The number of hydrogen-bond acceptors (Lipinski definition) is 3. The molecule has 1 unspecified atom stereocenters. The summed E-state index contributed by atoms with van der Waals surface area (Å²) in [6, 6.07) is 2.10. The van der Waals surface area contributed by atoms with Crippen molar-refractivity contribution in [1.82, 2.24) is 9.88 Å². The molecular formula is C13H19ClFN3. The van der Waals surface area contributed by atoms with Gasteiger partial charge >= 0.3 is 0 Å². The molecule has 5 heteroatoms. The van der Waals surface area contributed by atoms with Crippen molar-refractivity contribution in [3.05, 3.63) is 23.6 Å². The maximum absolute atomic E-state index is 14.2. The summed E-state index contributed by atoms with van der Waals surface area (Å²) in [6.07, 6.45) is 2.69. The predicted octanol–water partition coefficient (Wildman–Crippen LogP) is 2.49. The quantitative estimate of drug-likeness (QED) is 0.788. The van der Waals surface area contributed by atoms with Crippen LogP contribution in [0.2, 0.25) is 0 Å². The smallest absolute Gasteiger partial charge is 0.170 e. The van der Waals surface area contributed by atoms with Gasteiger partial charge in [0.05, 0.1) is 5.88 Å². The Labute approximate surface area is 113 Å². The Morgan fingerprint density at radius 2 is 2.28 bits per heavy atom. The van der Waals surface area contributed by atoms with Gasteiger partial charge in [0.15, 0.2) is 11.6 Å². The van der Waals surface area contributed by atoms with Crippen LogP contribution < -0.4 is 4.90 Å². The Hall–Kier alpha value is -0.870. The van der Waals surface area contributed by atoms with Gasteiger partial charge in [-0.2, -0.15) is 0 Å². The van der Waals surface area contributed by atoms with Crippen LogP contribution in [0.15, 0.2) is 12.3 Å². The van der Waals surface area contributed by atoms with E-state index in [2.05, 4.69) is 23.9 Å². The zero-order valence-corrected chi connectivity index (χ0v) is 11.6. The van der Waals surface area contributed by atoms with Gasteiger partial charge in [-0.1, -0.05) is 6.92 Å². The fourth-order valence-corrected chi connectivity index (χ4v) is 2.58. The molecule has 0 saturated carbocycles. The zero-order valence-electron chi connectivity index (χ0n) is 10.9. The van der Waals surface area contributed by atoms with Crippen LogP contribution in [0.1, 0.15) is 18.9 Å². The van der Waals surface area contributed by atoms with Crippen LogP contribution in [0.5, 0.6) is 0 Å². The fraction of sp³-hybridized carbons (Fsp3) is 0.615. The number of nitrogens with zero attached hydrogens (tertiary/aromatic N) is 3. The van der Waals surface area contributed by atoms with Crippen molar-refractivity contribution in [2.45, 2.75) is 25.3 Å². The molecule has 1 fully saturated rings. The van der Waals surface area contributed by atoms with E-state index >= 15 is 0 Å². The van der Waals surface area contributed by atoms with E-state index in [0.717, 1.165) is 26.1 Å². The molecule has 100 valence electrons. The van der Waals surface area contributed by atoms with E-state index < -0.39 is 0 Å². The summed E-state index contributed by atoms with van der Waals surface area (Å²) in [5.41, 5.74) is 0.522. The van der Waals surface area contributed by atoms with Gasteiger partial charge in [0.1, 0.15) is 0 Å². The summed E-state index contributed by atoms with van der Waals surface area (Å²) in [5.74, 6) is 0.360. The summed E-state index contributed by atoms with van der Waals surface area (Å²) in [7, 11) is 2.12. The topological polar surface area (TPSA) is 19.4 Å². The molecule has 1 aromatic heterocycles. The molecule has 0 aliphatic carbocycles. The van der Waals surface area contributed by atoms with E-state index in [1.807, 2.05) is 4.90 Å². The van der Waals surface area contributed by atoms with Gasteiger partial charge in [-0.05, 0) is 19.5 Å². The molecule has 2 rings (SSSR count). The number of hydrogen-bond donors (Lipinski definition) is 0. The molecule has 2 heterocycles. The summed E-state index contributed by atoms with van der Waals surface area (Å²) in [6.45, 7) is 4.72. The van der Waals surface area contributed by atoms with Crippen LogP contribution >= 0.6 is 11.6 Å². The minimum absolute atomic E-state index is 0.187. The summed E-state index contributed by atoms with van der Waals surface area (Å²) in [4.78, 5) is 8.52. The van der Waals surface area contributed by atoms with Crippen LogP contribution in [0.3, 0.4) is 0 Å². The van der Waals surface area contributed by atoms with Crippen molar-refractivity contribution < 1.29 is 4.39 Å². The minimum Gasteiger partial charge on any atom is -0.351 e. The molecule has 0 amide bonds. The van der Waals surface area contributed by atoms with Crippen molar-refractivity contribution in [2.75, 3.05) is 31.6 Å². The summed E-state index contributed by atoms with van der Waals surface area (Å²) in [5, 5.41) is 0. The van der Waals surface area contributed by atoms with Crippen molar-refractivity contribution in [3.63, 3.8) is 0 Å². The third-order valence-electron chi connectivity index (χ3n) is 3.64. The lowest BCUT2D eigenvalue weighted by Crippen LogP contribution is -2.51. The Bertz CT molecular complexity index is 413. The molecule has 0 aromatic carbocycles. The molecule has 1 saturated heterocycles. The molecule has 0 spiro atoms. The van der Waals surface area contributed by atoms with E-state index in [1.165, 1.54) is 0 Å². The van der Waals surface area contributed by atoms with Gasteiger partial charge < -0.3 is 4.90 Å². The second-order valence-corrected chi connectivity index (χ2v) is 5.00. The average Bonchev–Trinajstić information content (AvgIpc) is 2.40. The second-order valence-electron chi connectivity index (χ2n) is 4.73. The minimum atomic E-state index is -0.271. The van der Waals surface area contributed by atoms with Crippen molar-refractivity contribution in [1.29, 1.82) is 0 Å². The van der Waals surface area contributed by atoms with Crippen LogP contribution in [-0.4, -0.2) is 42.6 Å². The number of alkyl halides is 1. The van der Waals surface area contributed by atoms with Gasteiger partial charge in [0.25, 0.3) is 0 Å². The molecule has 0 N–H and O–H groups in total. The first-order chi connectivity index (χ1) is 8.67. The van der Waals surface area contributed by atoms with Crippen LogP contribution in [0.25, 0.3) is 0 Å². The third-order valence-corrected chi connectivity index (χ3v) is 3.93. The van der Waals surface area contributed by atoms with E-state index in [0.29, 0.717) is 17.4 Å². The standard InChI is InChI=1S/C13H19ClFN3/c1-3-11-9-18(7-6-17(11)2)13-12(15)10(8-14)4-5-16-13/h4-5,11H,3,6-9H2,1-2H3. The maximum atomic E-state index is 14.2. The van der Waals surface area contributed by atoms with Crippen molar-refractivity contribution in [3.8, 4) is 0 Å². The van der Waals surface area contributed by atoms with E-state index in [1.54, 1.807) is 12.3 Å². The number of likely N-dealkylation sites (N-methyl/N-ethyl adjacent to an activating group) is 1. The number of rotatable bonds is 3. The monoisotopic (exact) mass is 271 g/mol. The first kappa shape index (κ1) is 13.6. The highest BCUT2D eigenvalue weighted by Gasteiger charge is 2.25. The Morgan fingerprint density at radius 1 is 1.50 bits per heavy atom. The molecule has 0 radical (unpaired) electrons. The predicted molar refractivity (Wildman–Crippen MR) is 72.7 cm³/mol. The molecule has 18 heavy (non-hydrogen) atoms. The highest BCUT2D eigenvalue weighted by molar-refractivity contribution is 6.17.